The Bertz CT molecular complexity index is 344. The monoisotopic (exact) mass is 354 g/mol. The van der Waals surface area contributed by atoms with Gasteiger partial charge in [-0.05, 0) is 18.3 Å². The molecule has 2 aliphatic rings. The number of halogens is 2. The second-order valence-electron chi connectivity index (χ2n) is 5.64. The smallest absolute Gasteiger partial charge is 0.303 e. The van der Waals surface area contributed by atoms with Crippen LogP contribution in [0.5, 0.6) is 0 Å². The highest BCUT2D eigenvalue weighted by atomic mass is 79.9. The second kappa shape index (κ2) is 3.45. The summed E-state index contributed by atoms with van der Waals surface area (Å²) < 4.78 is -0.369. The average Bonchev–Trinajstić information content (AvgIpc) is 2.46. The SMILES string of the molecule is CC1(C)[C@@H](O)[C@]2(Br)CC[C@]1(CC(=O)O)[C@@H]2Br. The largest absolute Gasteiger partial charge is 0.481 e. The molecule has 0 spiro atoms. The zero-order chi connectivity index (χ0) is 12.4. The zero-order valence-electron chi connectivity index (χ0n) is 9.33. The Morgan fingerprint density at radius 3 is 2.38 bits per heavy atom. The van der Waals surface area contributed by atoms with E-state index in [2.05, 4.69) is 31.9 Å². The Morgan fingerprint density at radius 2 is 2.00 bits per heavy atom. The molecule has 0 unspecified atom stereocenters. The number of hydrogen-bond acceptors (Lipinski definition) is 2. The van der Waals surface area contributed by atoms with Gasteiger partial charge in [0.25, 0.3) is 0 Å². The van der Waals surface area contributed by atoms with Crippen LogP contribution >= 0.6 is 31.9 Å². The molecule has 0 amide bonds. The summed E-state index contributed by atoms with van der Waals surface area (Å²) in [5.41, 5.74) is -0.747. The van der Waals surface area contributed by atoms with Crippen molar-refractivity contribution in [2.75, 3.05) is 0 Å². The van der Waals surface area contributed by atoms with Gasteiger partial charge in [0.15, 0.2) is 0 Å². The number of carboxylic acids is 1. The number of fused-ring (bicyclic) bond motifs is 2. The van der Waals surface area contributed by atoms with Gasteiger partial charge in [-0.1, -0.05) is 45.7 Å². The summed E-state index contributed by atoms with van der Waals surface area (Å²) in [6.07, 6.45) is 1.25. The predicted octanol–water partition coefficient (Wildman–Crippen LogP) is 2.54. The quantitative estimate of drug-likeness (QED) is 0.748. The molecule has 5 heteroatoms. The Balaban J connectivity index is 2.48. The minimum atomic E-state index is -0.789. The molecule has 92 valence electrons. The van der Waals surface area contributed by atoms with Gasteiger partial charge >= 0.3 is 5.97 Å². The van der Waals surface area contributed by atoms with Crippen LogP contribution in [0.4, 0.5) is 0 Å². The van der Waals surface area contributed by atoms with Crippen LogP contribution < -0.4 is 0 Å². The molecule has 0 aromatic heterocycles. The van der Waals surface area contributed by atoms with Gasteiger partial charge in [0.05, 0.1) is 16.8 Å². The summed E-state index contributed by atoms with van der Waals surface area (Å²) in [5, 5.41) is 19.5. The first-order valence-corrected chi connectivity index (χ1v) is 7.12. The van der Waals surface area contributed by atoms with Crippen LogP contribution in [0.25, 0.3) is 0 Å². The van der Waals surface area contributed by atoms with Crippen molar-refractivity contribution in [2.24, 2.45) is 10.8 Å². The minimum Gasteiger partial charge on any atom is -0.481 e. The van der Waals surface area contributed by atoms with E-state index in [9.17, 15) is 9.90 Å². The summed E-state index contributed by atoms with van der Waals surface area (Å²) in [5.74, 6) is -0.789. The van der Waals surface area contributed by atoms with Gasteiger partial charge in [-0.2, -0.15) is 0 Å². The zero-order valence-corrected chi connectivity index (χ0v) is 12.5. The third kappa shape index (κ3) is 1.25. The molecule has 2 N–H and O–H groups in total. The van der Waals surface area contributed by atoms with E-state index in [1.807, 2.05) is 13.8 Å². The van der Waals surface area contributed by atoms with E-state index in [1.165, 1.54) is 0 Å². The molecule has 16 heavy (non-hydrogen) atoms. The molecule has 3 nitrogen and oxygen atoms in total. The Labute approximate surface area is 112 Å². The van der Waals surface area contributed by atoms with E-state index in [0.717, 1.165) is 12.8 Å². The molecule has 0 radical (unpaired) electrons. The summed E-state index contributed by atoms with van der Waals surface area (Å²) in [6, 6.07) is 0. The van der Waals surface area contributed by atoms with E-state index < -0.39 is 12.1 Å². The molecule has 2 fully saturated rings. The van der Waals surface area contributed by atoms with Crippen LogP contribution in [0.3, 0.4) is 0 Å². The van der Waals surface area contributed by atoms with Gasteiger partial charge in [-0.25, -0.2) is 0 Å². The van der Waals surface area contributed by atoms with E-state index in [-0.39, 0.29) is 26.4 Å². The summed E-state index contributed by atoms with van der Waals surface area (Å²) in [6.45, 7) is 3.94. The van der Waals surface area contributed by atoms with Crippen molar-refractivity contribution in [2.45, 2.75) is 48.4 Å². The molecule has 2 saturated carbocycles. The number of alkyl halides is 2. The number of carboxylic acid groups (broad SMARTS) is 1. The number of aliphatic carboxylic acids is 1. The van der Waals surface area contributed by atoms with E-state index in [1.54, 1.807) is 0 Å². The van der Waals surface area contributed by atoms with E-state index in [4.69, 9.17) is 5.11 Å². The van der Waals surface area contributed by atoms with Crippen molar-refractivity contribution in [3.8, 4) is 0 Å². The molecular weight excluding hydrogens is 340 g/mol. The number of hydrogen-bond donors (Lipinski definition) is 2. The maximum Gasteiger partial charge on any atom is 0.303 e. The van der Waals surface area contributed by atoms with Crippen LogP contribution in [0.2, 0.25) is 0 Å². The Kier molecular flexibility index (Phi) is 2.77. The van der Waals surface area contributed by atoms with Crippen LogP contribution in [0, 0.1) is 10.8 Å². The molecule has 0 aromatic rings. The molecule has 2 aliphatic carbocycles. The van der Waals surface area contributed by atoms with Gasteiger partial charge in [0.1, 0.15) is 0 Å². The van der Waals surface area contributed by atoms with Crippen molar-refractivity contribution in [1.29, 1.82) is 0 Å². The standard InChI is InChI=1S/C11H16Br2O3/c1-9(2)8(16)11(13)4-3-10(9,7(11)12)5-6(14)15/h7-8,16H,3-5H2,1-2H3,(H,14,15)/t7-,8+,10-,11-/m0/s1. The third-order valence-corrected chi connectivity index (χ3v) is 8.34. The Morgan fingerprint density at radius 1 is 1.44 bits per heavy atom. The van der Waals surface area contributed by atoms with Gasteiger partial charge in [-0.3, -0.25) is 4.79 Å². The molecule has 0 aromatic carbocycles. The van der Waals surface area contributed by atoms with Crippen molar-refractivity contribution < 1.29 is 15.0 Å². The lowest BCUT2D eigenvalue weighted by atomic mass is 9.62. The van der Waals surface area contributed by atoms with Crippen molar-refractivity contribution in [3.63, 3.8) is 0 Å². The minimum absolute atomic E-state index is 0.00796. The first kappa shape index (κ1) is 12.8. The highest BCUT2D eigenvalue weighted by Crippen LogP contribution is 2.72. The molecular formula is C11H16Br2O3. The highest BCUT2D eigenvalue weighted by molar-refractivity contribution is 9.12. The van der Waals surface area contributed by atoms with Gasteiger partial charge < -0.3 is 10.2 Å². The normalized spacial score (nSPS) is 49.6. The van der Waals surface area contributed by atoms with Gasteiger partial charge in [-0.15, -0.1) is 0 Å². The van der Waals surface area contributed by atoms with Crippen molar-refractivity contribution in [3.05, 3.63) is 0 Å². The van der Waals surface area contributed by atoms with Crippen LogP contribution in [-0.2, 0) is 4.79 Å². The fourth-order valence-corrected chi connectivity index (χ4v) is 6.27. The van der Waals surface area contributed by atoms with Gasteiger partial charge in [0.2, 0.25) is 0 Å². The average molecular weight is 356 g/mol. The van der Waals surface area contributed by atoms with Crippen LogP contribution in [-0.4, -0.2) is 31.4 Å². The topological polar surface area (TPSA) is 57.5 Å². The fraction of sp³-hybridized carbons (Fsp3) is 0.909. The van der Waals surface area contributed by atoms with E-state index in [0.29, 0.717) is 0 Å². The number of carbonyl (C=O) groups is 1. The lowest BCUT2D eigenvalue weighted by molar-refractivity contribution is -0.143. The first-order valence-electron chi connectivity index (χ1n) is 5.41. The molecule has 0 heterocycles. The van der Waals surface area contributed by atoms with E-state index >= 15 is 0 Å². The highest BCUT2D eigenvalue weighted by Gasteiger charge is 2.74. The summed E-state index contributed by atoms with van der Waals surface area (Å²) >= 11 is 7.25. The van der Waals surface area contributed by atoms with Crippen molar-refractivity contribution in [1.82, 2.24) is 0 Å². The molecule has 0 aliphatic heterocycles. The van der Waals surface area contributed by atoms with Crippen LogP contribution in [0.1, 0.15) is 33.1 Å². The summed E-state index contributed by atoms with van der Waals surface area (Å²) in [4.78, 5) is 11.1. The molecule has 2 bridgehead atoms. The summed E-state index contributed by atoms with van der Waals surface area (Å²) in [7, 11) is 0. The molecule has 2 rings (SSSR count). The van der Waals surface area contributed by atoms with Crippen molar-refractivity contribution >= 4 is 37.8 Å². The third-order valence-electron chi connectivity index (χ3n) is 4.75. The second-order valence-corrected chi connectivity index (χ2v) is 8.03. The lowest BCUT2D eigenvalue weighted by Crippen LogP contribution is -2.47. The Hall–Kier alpha value is 0.390. The lowest BCUT2D eigenvalue weighted by Gasteiger charge is -2.45. The number of aliphatic hydroxyl groups excluding tert-OH is 1. The van der Waals surface area contributed by atoms with Crippen LogP contribution in [0.15, 0.2) is 0 Å². The maximum atomic E-state index is 11.1. The van der Waals surface area contributed by atoms with Gasteiger partial charge in [0, 0.05) is 10.2 Å². The number of rotatable bonds is 2. The predicted molar refractivity (Wildman–Crippen MR) is 68.1 cm³/mol. The maximum absolute atomic E-state index is 11.1. The molecule has 4 atom stereocenters. The fourth-order valence-electron chi connectivity index (χ4n) is 3.60. The number of aliphatic hydroxyl groups is 1. The molecule has 0 saturated heterocycles. The first-order chi connectivity index (χ1) is 7.18.